The average Bonchev–Trinajstić information content (AvgIpc) is 2.41. The van der Waals surface area contributed by atoms with Gasteiger partial charge >= 0.3 is 5.97 Å². The maximum absolute atomic E-state index is 12.1. The van der Waals surface area contributed by atoms with Crippen molar-refractivity contribution in [3.8, 4) is 0 Å². The first-order valence-electron chi connectivity index (χ1n) is 5.67. The summed E-state index contributed by atoms with van der Waals surface area (Å²) in [5, 5.41) is 8.76. The molecule has 7 heteroatoms. The Morgan fingerprint density at radius 3 is 2.30 bits per heavy atom. The van der Waals surface area contributed by atoms with E-state index >= 15 is 0 Å². The molecule has 0 aliphatic heterocycles. The van der Waals surface area contributed by atoms with Gasteiger partial charge < -0.3 is 5.11 Å². The third-order valence-electron chi connectivity index (χ3n) is 2.56. The van der Waals surface area contributed by atoms with E-state index in [1.165, 1.54) is 24.3 Å². The summed E-state index contributed by atoms with van der Waals surface area (Å²) >= 11 is 0. The molecule has 0 saturated carbocycles. The lowest BCUT2D eigenvalue weighted by Gasteiger charge is -2.07. The van der Waals surface area contributed by atoms with Crippen LogP contribution in [0.4, 0.5) is 5.82 Å². The van der Waals surface area contributed by atoms with E-state index in [0.717, 1.165) is 5.56 Å². The number of aromatic carboxylic acids is 1. The molecule has 2 rings (SSSR count). The summed E-state index contributed by atoms with van der Waals surface area (Å²) in [5.74, 6) is -0.903. The van der Waals surface area contributed by atoms with Crippen molar-refractivity contribution in [2.75, 3.05) is 4.72 Å². The Hall–Kier alpha value is -2.41. The summed E-state index contributed by atoms with van der Waals surface area (Å²) < 4.78 is 26.5. The molecule has 6 nitrogen and oxygen atoms in total. The highest BCUT2D eigenvalue weighted by atomic mass is 32.2. The van der Waals surface area contributed by atoms with Crippen molar-refractivity contribution in [3.63, 3.8) is 0 Å². The molecule has 0 spiro atoms. The van der Waals surface area contributed by atoms with Gasteiger partial charge in [0, 0.05) is 6.20 Å². The SMILES string of the molecule is Cc1ccc(NS(=O)(=O)c2ccc(C(=O)O)cc2)nc1. The molecule has 0 aliphatic carbocycles. The molecule has 0 radical (unpaired) electrons. The molecule has 0 atom stereocenters. The molecule has 1 heterocycles. The predicted molar refractivity (Wildman–Crippen MR) is 73.2 cm³/mol. The third-order valence-corrected chi connectivity index (χ3v) is 3.93. The number of aromatic nitrogens is 1. The fourth-order valence-electron chi connectivity index (χ4n) is 1.50. The number of carboxylic acid groups (broad SMARTS) is 1. The molecule has 1 aromatic heterocycles. The van der Waals surface area contributed by atoms with Gasteiger partial charge in [0.15, 0.2) is 0 Å². The summed E-state index contributed by atoms with van der Waals surface area (Å²) in [7, 11) is -3.77. The molecule has 0 unspecified atom stereocenters. The molecule has 0 fully saturated rings. The van der Waals surface area contributed by atoms with E-state index in [-0.39, 0.29) is 16.3 Å². The van der Waals surface area contributed by atoms with Gasteiger partial charge in [-0.1, -0.05) is 6.07 Å². The van der Waals surface area contributed by atoms with Gasteiger partial charge in [-0.25, -0.2) is 18.2 Å². The van der Waals surface area contributed by atoms with Crippen LogP contribution in [0.25, 0.3) is 0 Å². The number of benzene rings is 1. The summed E-state index contributed by atoms with van der Waals surface area (Å²) in [6, 6.07) is 8.23. The summed E-state index contributed by atoms with van der Waals surface area (Å²) in [4.78, 5) is 14.6. The molecule has 104 valence electrons. The highest BCUT2D eigenvalue weighted by molar-refractivity contribution is 7.92. The molecular formula is C13H12N2O4S. The van der Waals surface area contributed by atoms with Crippen LogP contribution >= 0.6 is 0 Å². The minimum absolute atomic E-state index is 0.0233. The smallest absolute Gasteiger partial charge is 0.335 e. The van der Waals surface area contributed by atoms with Crippen molar-refractivity contribution in [3.05, 3.63) is 53.7 Å². The quantitative estimate of drug-likeness (QED) is 0.897. The maximum atomic E-state index is 12.1. The van der Waals surface area contributed by atoms with E-state index < -0.39 is 16.0 Å². The second-order valence-electron chi connectivity index (χ2n) is 4.16. The number of nitrogens with zero attached hydrogens (tertiary/aromatic N) is 1. The lowest BCUT2D eigenvalue weighted by molar-refractivity contribution is 0.0697. The number of rotatable bonds is 4. The van der Waals surface area contributed by atoms with E-state index in [0.29, 0.717) is 0 Å². The van der Waals surface area contributed by atoms with Crippen LogP contribution in [0.1, 0.15) is 15.9 Å². The van der Waals surface area contributed by atoms with Crippen molar-refractivity contribution in [2.24, 2.45) is 0 Å². The van der Waals surface area contributed by atoms with E-state index in [1.807, 2.05) is 6.92 Å². The zero-order chi connectivity index (χ0) is 14.8. The first kappa shape index (κ1) is 14.0. The molecular weight excluding hydrogens is 280 g/mol. The minimum atomic E-state index is -3.77. The Balaban J connectivity index is 2.26. The second kappa shape index (κ2) is 5.30. The lowest BCUT2D eigenvalue weighted by atomic mass is 10.2. The van der Waals surface area contributed by atoms with Gasteiger partial charge in [-0.15, -0.1) is 0 Å². The summed E-state index contributed by atoms with van der Waals surface area (Å²) in [6.07, 6.45) is 1.55. The van der Waals surface area contributed by atoms with E-state index in [1.54, 1.807) is 18.3 Å². The number of anilines is 1. The van der Waals surface area contributed by atoms with Crippen molar-refractivity contribution in [2.45, 2.75) is 11.8 Å². The number of aryl methyl sites for hydroxylation is 1. The van der Waals surface area contributed by atoms with Gasteiger partial charge in [-0.2, -0.15) is 0 Å². The fourth-order valence-corrected chi connectivity index (χ4v) is 2.51. The number of hydrogen-bond acceptors (Lipinski definition) is 4. The number of nitrogens with one attached hydrogen (secondary N) is 1. The average molecular weight is 292 g/mol. The summed E-state index contributed by atoms with van der Waals surface area (Å²) in [5.41, 5.74) is 0.941. The molecule has 2 N–H and O–H groups in total. The minimum Gasteiger partial charge on any atom is -0.478 e. The molecule has 0 aliphatic rings. The van der Waals surface area contributed by atoms with E-state index in [2.05, 4.69) is 9.71 Å². The largest absolute Gasteiger partial charge is 0.478 e. The van der Waals surface area contributed by atoms with Gasteiger partial charge in [0.05, 0.1) is 10.5 Å². The zero-order valence-electron chi connectivity index (χ0n) is 10.6. The number of hydrogen-bond donors (Lipinski definition) is 2. The predicted octanol–water partition coefficient (Wildman–Crippen LogP) is 1.89. The van der Waals surface area contributed by atoms with Crippen LogP contribution in [0.2, 0.25) is 0 Å². The number of carbonyl (C=O) groups is 1. The Labute approximate surface area is 116 Å². The normalized spacial score (nSPS) is 11.1. The Morgan fingerprint density at radius 1 is 1.15 bits per heavy atom. The number of sulfonamides is 1. The number of carboxylic acids is 1. The zero-order valence-corrected chi connectivity index (χ0v) is 11.4. The van der Waals surface area contributed by atoms with Crippen molar-refractivity contribution in [1.29, 1.82) is 0 Å². The third kappa shape index (κ3) is 3.12. The lowest BCUT2D eigenvalue weighted by Crippen LogP contribution is -2.14. The van der Waals surface area contributed by atoms with Gasteiger partial charge in [-0.05, 0) is 42.8 Å². The number of pyridine rings is 1. The fraction of sp³-hybridized carbons (Fsp3) is 0.0769. The highest BCUT2D eigenvalue weighted by Crippen LogP contribution is 2.15. The van der Waals surface area contributed by atoms with Gasteiger partial charge in [0.25, 0.3) is 10.0 Å². The van der Waals surface area contributed by atoms with Crippen LogP contribution in [-0.4, -0.2) is 24.5 Å². The van der Waals surface area contributed by atoms with Crippen LogP contribution in [-0.2, 0) is 10.0 Å². The van der Waals surface area contributed by atoms with Crippen molar-refractivity contribution < 1.29 is 18.3 Å². The van der Waals surface area contributed by atoms with E-state index in [9.17, 15) is 13.2 Å². The molecule has 1 aromatic carbocycles. The van der Waals surface area contributed by atoms with Crippen LogP contribution < -0.4 is 4.72 Å². The Morgan fingerprint density at radius 2 is 1.80 bits per heavy atom. The first-order chi connectivity index (χ1) is 9.38. The first-order valence-corrected chi connectivity index (χ1v) is 7.16. The molecule has 0 saturated heterocycles. The Bertz CT molecular complexity index is 722. The maximum Gasteiger partial charge on any atom is 0.335 e. The topological polar surface area (TPSA) is 96.4 Å². The molecule has 0 bridgehead atoms. The molecule has 20 heavy (non-hydrogen) atoms. The van der Waals surface area contributed by atoms with Gasteiger partial charge in [-0.3, -0.25) is 4.72 Å². The second-order valence-corrected chi connectivity index (χ2v) is 5.84. The van der Waals surface area contributed by atoms with E-state index in [4.69, 9.17) is 5.11 Å². The van der Waals surface area contributed by atoms with Crippen LogP contribution in [0.15, 0.2) is 47.5 Å². The van der Waals surface area contributed by atoms with Crippen LogP contribution in [0, 0.1) is 6.92 Å². The monoisotopic (exact) mass is 292 g/mol. The highest BCUT2D eigenvalue weighted by Gasteiger charge is 2.15. The van der Waals surface area contributed by atoms with Crippen LogP contribution in [0.5, 0.6) is 0 Å². The van der Waals surface area contributed by atoms with Crippen LogP contribution in [0.3, 0.4) is 0 Å². The van der Waals surface area contributed by atoms with Gasteiger partial charge in [0.2, 0.25) is 0 Å². The summed E-state index contributed by atoms with van der Waals surface area (Å²) in [6.45, 7) is 1.84. The molecule has 0 amide bonds. The van der Waals surface area contributed by atoms with Gasteiger partial charge in [0.1, 0.15) is 5.82 Å². The standard InChI is InChI=1S/C13H12N2O4S/c1-9-2-7-12(14-8-9)15-20(18,19)11-5-3-10(4-6-11)13(16)17/h2-8H,1H3,(H,14,15)(H,16,17). The molecule has 2 aromatic rings. The van der Waals surface area contributed by atoms with Crippen molar-refractivity contribution in [1.82, 2.24) is 4.98 Å². The van der Waals surface area contributed by atoms with Crippen molar-refractivity contribution >= 4 is 21.8 Å². The Kier molecular flexibility index (Phi) is 3.71.